The third-order valence-corrected chi connectivity index (χ3v) is 4.36. The van der Waals surface area contributed by atoms with Gasteiger partial charge in [-0.15, -0.1) is 11.3 Å². The van der Waals surface area contributed by atoms with Crippen molar-refractivity contribution in [2.45, 2.75) is 19.3 Å². The minimum atomic E-state index is -0.943. The largest absolute Gasteiger partial charge is 0.481 e. The van der Waals surface area contributed by atoms with Gasteiger partial charge in [-0.2, -0.15) is 0 Å². The predicted octanol–water partition coefficient (Wildman–Crippen LogP) is 1.97. The molecule has 2 rings (SSSR count). The average molecular weight is 297 g/mol. The molecule has 0 aliphatic heterocycles. The summed E-state index contributed by atoms with van der Waals surface area (Å²) >= 11 is 1.17. The number of carbonyl (C=O) groups is 3. The number of anilines is 1. The van der Waals surface area contributed by atoms with Gasteiger partial charge in [0.25, 0.3) is 0 Å². The lowest BCUT2D eigenvalue weighted by atomic mass is 9.95. The van der Waals surface area contributed by atoms with Crippen molar-refractivity contribution >= 4 is 34.9 Å². The lowest BCUT2D eigenvalue weighted by molar-refractivity contribution is -0.145. The summed E-state index contributed by atoms with van der Waals surface area (Å²) in [5.74, 6) is -3.00. The molecule has 2 atom stereocenters. The first-order chi connectivity index (χ1) is 9.54. The monoisotopic (exact) mass is 297 g/mol. The van der Waals surface area contributed by atoms with E-state index in [-0.39, 0.29) is 5.91 Å². The number of carboxylic acids is 1. The number of thiophene rings is 1. The number of methoxy groups -OCH3 is 1. The van der Waals surface area contributed by atoms with Gasteiger partial charge < -0.3 is 15.2 Å². The number of nitrogens with one attached hydrogen (secondary N) is 1. The van der Waals surface area contributed by atoms with E-state index in [1.54, 1.807) is 11.4 Å². The van der Waals surface area contributed by atoms with Crippen LogP contribution in [0.1, 0.15) is 28.9 Å². The van der Waals surface area contributed by atoms with E-state index >= 15 is 0 Å². The number of esters is 1. The van der Waals surface area contributed by atoms with Crippen LogP contribution in [0, 0.1) is 11.8 Å². The van der Waals surface area contributed by atoms with Crippen LogP contribution < -0.4 is 5.32 Å². The van der Waals surface area contributed by atoms with Crippen LogP contribution in [-0.2, 0) is 14.3 Å². The zero-order valence-corrected chi connectivity index (χ0v) is 11.7. The van der Waals surface area contributed by atoms with Gasteiger partial charge in [0.15, 0.2) is 0 Å². The first kappa shape index (κ1) is 14.5. The first-order valence-electron chi connectivity index (χ1n) is 6.24. The molecule has 1 saturated carbocycles. The molecule has 1 heterocycles. The number of ether oxygens (including phenoxy) is 1. The van der Waals surface area contributed by atoms with Crippen LogP contribution in [0.15, 0.2) is 11.4 Å². The van der Waals surface area contributed by atoms with E-state index in [9.17, 15) is 14.4 Å². The number of hydrogen-bond donors (Lipinski definition) is 2. The number of carboxylic acid groups (broad SMARTS) is 1. The second-order valence-corrected chi connectivity index (χ2v) is 5.54. The summed E-state index contributed by atoms with van der Waals surface area (Å²) < 4.78 is 4.63. The van der Waals surface area contributed by atoms with Gasteiger partial charge in [0, 0.05) is 0 Å². The minimum Gasteiger partial charge on any atom is -0.481 e. The number of rotatable bonds is 4. The highest BCUT2D eigenvalue weighted by Crippen LogP contribution is 2.33. The highest BCUT2D eigenvalue weighted by Gasteiger charge is 2.38. The number of hydrogen-bond acceptors (Lipinski definition) is 5. The summed E-state index contributed by atoms with van der Waals surface area (Å²) in [7, 11) is 1.27. The van der Waals surface area contributed by atoms with Gasteiger partial charge in [0.2, 0.25) is 5.91 Å². The van der Waals surface area contributed by atoms with Crippen LogP contribution in [-0.4, -0.2) is 30.1 Å². The van der Waals surface area contributed by atoms with Crippen molar-refractivity contribution in [1.82, 2.24) is 0 Å². The Labute approximate surface area is 119 Å². The van der Waals surface area contributed by atoms with Gasteiger partial charge in [0.05, 0.1) is 24.6 Å². The molecule has 1 amide bonds. The summed E-state index contributed by atoms with van der Waals surface area (Å²) in [5.41, 5.74) is 0.378. The molecule has 2 N–H and O–H groups in total. The molecule has 1 aromatic rings. The maximum atomic E-state index is 12.2. The highest BCUT2D eigenvalue weighted by molar-refractivity contribution is 7.12. The Hall–Kier alpha value is -1.89. The summed E-state index contributed by atoms with van der Waals surface area (Å²) in [4.78, 5) is 35.1. The van der Waals surface area contributed by atoms with E-state index in [2.05, 4.69) is 10.1 Å². The normalized spacial score (nSPS) is 21.4. The van der Waals surface area contributed by atoms with Crippen molar-refractivity contribution in [1.29, 1.82) is 0 Å². The Morgan fingerprint density at radius 2 is 2.05 bits per heavy atom. The summed E-state index contributed by atoms with van der Waals surface area (Å²) in [6.45, 7) is 0. The van der Waals surface area contributed by atoms with Crippen molar-refractivity contribution in [3.8, 4) is 0 Å². The third kappa shape index (κ3) is 2.82. The fourth-order valence-electron chi connectivity index (χ4n) is 2.45. The van der Waals surface area contributed by atoms with Crippen LogP contribution in [0.4, 0.5) is 5.69 Å². The van der Waals surface area contributed by atoms with Gasteiger partial charge >= 0.3 is 11.9 Å². The van der Waals surface area contributed by atoms with Gasteiger partial charge in [-0.3, -0.25) is 9.59 Å². The predicted molar refractivity (Wildman–Crippen MR) is 72.8 cm³/mol. The van der Waals surface area contributed by atoms with Crippen LogP contribution >= 0.6 is 11.3 Å². The van der Waals surface area contributed by atoms with Gasteiger partial charge in [-0.25, -0.2) is 4.79 Å². The molecule has 2 unspecified atom stereocenters. The Kier molecular flexibility index (Phi) is 4.39. The Morgan fingerprint density at radius 1 is 1.35 bits per heavy atom. The van der Waals surface area contributed by atoms with Crippen molar-refractivity contribution in [3.05, 3.63) is 16.3 Å². The fraction of sp³-hybridized carbons (Fsp3) is 0.462. The molecule has 1 fully saturated rings. The highest BCUT2D eigenvalue weighted by atomic mass is 32.1. The number of amides is 1. The van der Waals surface area contributed by atoms with E-state index in [0.717, 1.165) is 6.42 Å². The smallest absolute Gasteiger partial charge is 0.350 e. The minimum absolute atomic E-state index is 0.311. The zero-order valence-electron chi connectivity index (χ0n) is 10.9. The second kappa shape index (κ2) is 6.04. The van der Waals surface area contributed by atoms with E-state index < -0.39 is 23.8 Å². The standard InChI is InChI=1S/C13H15NO5S/c1-19-13(18)10-9(5-6-20-10)14-11(15)7-3-2-4-8(7)12(16)17/h5-8H,2-4H2,1H3,(H,14,15)(H,16,17). The molecule has 0 radical (unpaired) electrons. The fourth-order valence-corrected chi connectivity index (χ4v) is 3.22. The molecule has 20 heavy (non-hydrogen) atoms. The maximum absolute atomic E-state index is 12.2. The van der Waals surface area contributed by atoms with Crippen molar-refractivity contribution in [2.24, 2.45) is 11.8 Å². The Balaban J connectivity index is 2.10. The van der Waals surface area contributed by atoms with E-state index in [4.69, 9.17) is 5.11 Å². The molecule has 7 heteroatoms. The average Bonchev–Trinajstić information content (AvgIpc) is 3.06. The lowest BCUT2D eigenvalue weighted by Crippen LogP contribution is -2.30. The molecule has 0 aromatic carbocycles. The molecular formula is C13H15NO5S. The Morgan fingerprint density at radius 3 is 2.70 bits per heavy atom. The summed E-state index contributed by atoms with van der Waals surface area (Å²) in [6.07, 6.45) is 1.80. The van der Waals surface area contributed by atoms with Crippen molar-refractivity contribution in [2.75, 3.05) is 12.4 Å². The van der Waals surface area contributed by atoms with Crippen LogP contribution in [0.5, 0.6) is 0 Å². The third-order valence-electron chi connectivity index (χ3n) is 3.46. The van der Waals surface area contributed by atoms with Crippen molar-refractivity contribution in [3.63, 3.8) is 0 Å². The van der Waals surface area contributed by atoms with E-state index in [0.29, 0.717) is 23.4 Å². The van der Waals surface area contributed by atoms with Gasteiger partial charge in [-0.05, 0) is 24.3 Å². The quantitative estimate of drug-likeness (QED) is 0.829. The Bertz CT molecular complexity index is 539. The number of carbonyl (C=O) groups excluding carboxylic acids is 2. The lowest BCUT2D eigenvalue weighted by Gasteiger charge is -2.15. The summed E-state index contributed by atoms with van der Waals surface area (Å²) in [5, 5.41) is 13.4. The van der Waals surface area contributed by atoms with Gasteiger partial charge in [0.1, 0.15) is 4.88 Å². The topological polar surface area (TPSA) is 92.7 Å². The SMILES string of the molecule is COC(=O)c1sccc1NC(=O)C1CCCC1C(=O)O. The number of aliphatic carboxylic acids is 1. The van der Waals surface area contributed by atoms with Crippen molar-refractivity contribution < 1.29 is 24.2 Å². The molecule has 108 valence electrons. The van der Waals surface area contributed by atoms with Crippen LogP contribution in [0.3, 0.4) is 0 Å². The molecule has 6 nitrogen and oxygen atoms in total. The molecule has 1 aromatic heterocycles. The molecule has 0 spiro atoms. The maximum Gasteiger partial charge on any atom is 0.350 e. The van der Waals surface area contributed by atoms with Crippen LogP contribution in [0.2, 0.25) is 0 Å². The van der Waals surface area contributed by atoms with E-state index in [1.165, 1.54) is 18.4 Å². The molecule has 1 aliphatic carbocycles. The molecular weight excluding hydrogens is 282 g/mol. The van der Waals surface area contributed by atoms with Crippen LogP contribution in [0.25, 0.3) is 0 Å². The second-order valence-electron chi connectivity index (χ2n) is 4.63. The zero-order chi connectivity index (χ0) is 14.7. The first-order valence-corrected chi connectivity index (χ1v) is 7.12. The molecule has 1 aliphatic rings. The van der Waals surface area contributed by atoms with E-state index in [1.807, 2.05) is 0 Å². The molecule has 0 bridgehead atoms. The van der Waals surface area contributed by atoms with Gasteiger partial charge in [-0.1, -0.05) is 6.42 Å². The summed E-state index contributed by atoms with van der Waals surface area (Å²) in [6, 6.07) is 1.61. The molecule has 0 saturated heterocycles.